The van der Waals surface area contributed by atoms with Crippen molar-refractivity contribution < 1.29 is 18.7 Å². The molecule has 0 aromatic carbocycles. The first kappa shape index (κ1) is 19.4. The summed E-state index contributed by atoms with van der Waals surface area (Å²) in [6, 6.07) is 3.58. The Morgan fingerprint density at radius 2 is 2.14 bits per heavy atom. The SMILES string of the molecule is CCOC(=O)c1sc2ncnc(NC3CCN(C(=O)c4ccco4)CC3)c2c1C. The molecule has 0 atom stereocenters. The second kappa shape index (κ2) is 8.20. The zero-order valence-electron chi connectivity index (χ0n) is 16.3. The molecule has 152 valence electrons. The Hall–Kier alpha value is -2.94. The van der Waals surface area contributed by atoms with E-state index in [1.54, 1.807) is 24.0 Å². The van der Waals surface area contributed by atoms with Crippen LogP contribution in [-0.2, 0) is 4.74 Å². The number of piperidine rings is 1. The van der Waals surface area contributed by atoms with E-state index in [1.165, 1.54) is 23.9 Å². The maximum absolute atomic E-state index is 12.4. The number of amides is 1. The molecule has 1 fully saturated rings. The Morgan fingerprint density at radius 3 is 2.83 bits per heavy atom. The molecule has 0 bridgehead atoms. The lowest BCUT2D eigenvalue weighted by molar-refractivity contribution is 0.0531. The molecule has 1 N–H and O–H groups in total. The van der Waals surface area contributed by atoms with E-state index in [-0.39, 0.29) is 17.9 Å². The van der Waals surface area contributed by atoms with Crippen LogP contribution in [0, 0.1) is 6.92 Å². The van der Waals surface area contributed by atoms with E-state index in [4.69, 9.17) is 9.15 Å². The first-order valence-corrected chi connectivity index (χ1v) is 10.4. The van der Waals surface area contributed by atoms with Gasteiger partial charge in [0.2, 0.25) is 0 Å². The van der Waals surface area contributed by atoms with Gasteiger partial charge in [-0.2, -0.15) is 0 Å². The van der Waals surface area contributed by atoms with Crippen LogP contribution in [0.4, 0.5) is 5.82 Å². The minimum atomic E-state index is -0.330. The zero-order valence-corrected chi connectivity index (χ0v) is 17.1. The summed E-state index contributed by atoms with van der Waals surface area (Å²) in [7, 11) is 0. The Bertz CT molecular complexity index is 1020. The number of hydrogen-bond acceptors (Lipinski definition) is 8. The van der Waals surface area contributed by atoms with Crippen LogP contribution in [0.3, 0.4) is 0 Å². The third-order valence-corrected chi connectivity index (χ3v) is 6.22. The smallest absolute Gasteiger partial charge is 0.348 e. The zero-order chi connectivity index (χ0) is 20.4. The molecule has 8 nitrogen and oxygen atoms in total. The monoisotopic (exact) mass is 414 g/mol. The lowest BCUT2D eigenvalue weighted by Gasteiger charge is -2.32. The number of hydrogen-bond donors (Lipinski definition) is 1. The summed E-state index contributed by atoms with van der Waals surface area (Å²) >= 11 is 1.32. The fraction of sp³-hybridized carbons (Fsp3) is 0.400. The van der Waals surface area contributed by atoms with E-state index < -0.39 is 0 Å². The molecule has 1 aliphatic heterocycles. The van der Waals surface area contributed by atoms with Crippen molar-refractivity contribution in [3.8, 4) is 0 Å². The number of fused-ring (bicyclic) bond motifs is 1. The molecule has 0 spiro atoms. The molecule has 3 aromatic rings. The van der Waals surface area contributed by atoms with Crippen molar-refractivity contribution in [2.24, 2.45) is 0 Å². The highest BCUT2D eigenvalue weighted by Crippen LogP contribution is 2.34. The Balaban J connectivity index is 1.47. The number of esters is 1. The highest BCUT2D eigenvalue weighted by Gasteiger charge is 2.26. The lowest BCUT2D eigenvalue weighted by Crippen LogP contribution is -2.42. The number of nitrogens with zero attached hydrogens (tertiary/aromatic N) is 3. The molecule has 9 heteroatoms. The van der Waals surface area contributed by atoms with Gasteiger partial charge in [-0.3, -0.25) is 4.79 Å². The van der Waals surface area contributed by atoms with E-state index in [9.17, 15) is 9.59 Å². The normalized spacial score (nSPS) is 14.9. The number of nitrogens with one attached hydrogen (secondary N) is 1. The van der Waals surface area contributed by atoms with Crippen LogP contribution in [0.25, 0.3) is 10.2 Å². The third kappa shape index (κ3) is 3.82. The number of rotatable bonds is 5. The summed E-state index contributed by atoms with van der Waals surface area (Å²) in [5, 5.41) is 4.34. The molecule has 4 heterocycles. The fourth-order valence-corrected chi connectivity index (χ4v) is 4.59. The summed E-state index contributed by atoms with van der Waals surface area (Å²) in [4.78, 5) is 36.5. The Morgan fingerprint density at radius 1 is 1.34 bits per heavy atom. The molecule has 29 heavy (non-hydrogen) atoms. The van der Waals surface area contributed by atoms with Crippen LogP contribution in [0.15, 0.2) is 29.1 Å². The van der Waals surface area contributed by atoms with Crippen molar-refractivity contribution in [2.45, 2.75) is 32.7 Å². The predicted molar refractivity (Wildman–Crippen MR) is 109 cm³/mol. The molecule has 4 rings (SSSR count). The number of ether oxygens (including phenoxy) is 1. The van der Waals surface area contributed by atoms with Gasteiger partial charge in [0.25, 0.3) is 5.91 Å². The van der Waals surface area contributed by atoms with Gasteiger partial charge >= 0.3 is 5.97 Å². The Kier molecular flexibility index (Phi) is 5.48. The molecule has 3 aromatic heterocycles. The molecular weight excluding hydrogens is 392 g/mol. The number of carbonyl (C=O) groups is 2. The van der Waals surface area contributed by atoms with Gasteiger partial charge in [-0.1, -0.05) is 0 Å². The standard InChI is InChI=1S/C20H22N4O4S/c1-3-27-20(26)16-12(2)15-17(21-11-22-18(15)29-16)23-13-6-8-24(9-7-13)19(25)14-5-4-10-28-14/h4-5,10-11,13H,3,6-9H2,1-2H3,(H,21,22,23). The van der Waals surface area contributed by atoms with Gasteiger partial charge in [0.1, 0.15) is 21.9 Å². The maximum Gasteiger partial charge on any atom is 0.348 e. The molecule has 0 radical (unpaired) electrons. The molecule has 1 aliphatic rings. The highest BCUT2D eigenvalue weighted by atomic mass is 32.1. The van der Waals surface area contributed by atoms with Crippen molar-refractivity contribution in [1.82, 2.24) is 14.9 Å². The van der Waals surface area contributed by atoms with E-state index in [0.29, 0.717) is 30.3 Å². The second-order valence-corrected chi connectivity index (χ2v) is 7.87. The van der Waals surface area contributed by atoms with Gasteiger partial charge in [0.15, 0.2) is 5.76 Å². The van der Waals surface area contributed by atoms with Crippen molar-refractivity contribution >= 4 is 39.2 Å². The van der Waals surface area contributed by atoms with Gasteiger partial charge in [0.05, 0.1) is 18.3 Å². The fourth-order valence-electron chi connectivity index (χ4n) is 3.55. The Labute approximate surface area is 171 Å². The third-order valence-electron chi connectivity index (χ3n) is 5.04. The summed E-state index contributed by atoms with van der Waals surface area (Å²) in [6.07, 6.45) is 4.61. The molecule has 0 unspecified atom stereocenters. The van der Waals surface area contributed by atoms with Crippen LogP contribution < -0.4 is 5.32 Å². The maximum atomic E-state index is 12.4. The van der Waals surface area contributed by atoms with Crippen molar-refractivity contribution in [3.63, 3.8) is 0 Å². The number of carbonyl (C=O) groups excluding carboxylic acids is 2. The van der Waals surface area contributed by atoms with Gasteiger partial charge in [-0.25, -0.2) is 14.8 Å². The number of aryl methyl sites for hydroxylation is 1. The van der Waals surface area contributed by atoms with Gasteiger partial charge in [-0.15, -0.1) is 11.3 Å². The largest absolute Gasteiger partial charge is 0.462 e. The van der Waals surface area contributed by atoms with E-state index in [2.05, 4.69) is 15.3 Å². The predicted octanol–water partition coefficient (Wildman–Crippen LogP) is 3.49. The first-order chi connectivity index (χ1) is 14.1. The summed E-state index contributed by atoms with van der Waals surface area (Å²) < 4.78 is 10.4. The van der Waals surface area contributed by atoms with E-state index >= 15 is 0 Å². The van der Waals surface area contributed by atoms with Crippen LogP contribution >= 0.6 is 11.3 Å². The second-order valence-electron chi connectivity index (χ2n) is 6.87. The van der Waals surface area contributed by atoms with Crippen LogP contribution in [0.5, 0.6) is 0 Å². The number of furan rings is 1. The average Bonchev–Trinajstić information content (AvgIpc) is 3.37. The number of thiophene rings is 1. The summed E-state index contributed by atoms with van der Waals surface area (Å²) in [5.74, 6) is 0.679. The van der Waals surface area contributed by atoms with E-state index in [1.807, 2.05) is 6.92 Å². The minimum absolute atomic E-state index is 0.0781. The molecule has 1 saturated heterocycles. The summed E-state index contributed by atoms with van der Waals surface area (Å²) in [6.45, 7) is 5.30. The summed E-state index contributed by atoms with van der Waals surface area (Å²) in [5.41, 5.74) is 0.831. The van der Waals surface area contributed by atoms with Crippen LogP contribution in [0.2, 0.25) is 0 Å². The first-order valence-electron chi connectivity index (χ1n) is 9.59. The topological polar surface area (TPSA) is 97.6 Å². The van der Waals surface area contributed by atoms with Crippen LogP contribution in [0.1, 0.15) is 45.6 Å². The quantitative estimate of drug-likeness (QED) is 0.638. The molecule has 0 aliphatic carbocycles. The van der Waals surface area contributed by atoms with Gasteiger partial charge in [-0.05, 0) is 44.4 Å². The van der Waals surface area contributed by atoms with Crippen molar-refractivity contribution in [2.75, 3.05) is 25.0 Å². The van der Waals surface area contributed by atoms with Crippen molar-refractivity contribution in [3.05, 3.63) is 40.9 Å². The minimum Gasteiger partial charge on any atom is -0.462 e. The highest BCUT2D eigenvalue weighted by molar-refractivity contribution is 7.20. The molecular formula is C20H22N4O4S. The van der Waals surface area contributed by atoms with Gasteiger partial charge < -0.3 is 19.4 Å². The number of likely N-dealkylation sites (tertiary alicyclic amines) is 1. The number of aromatic nitrogens is 2. The lowest BCUT2D eigenvalue weighted by atomic mass is 10.0. The number of anilines is 1. The van der Waals surface area contributed by atoms with Gasteiger partial charge in [0, 0.05) is 19.1 Å². The average molecular weight is 414 g/mol. The van der Waals surface area contributed by atoms with E-state index in [0.717, 1.165) is 34.4 Å². The molecule has 1 amide bonds. The molecule has 0 saturated carbocycles. The van der Waals surface area contributed by atoms with Crippen LogP contribution in [-0.4, -0.2) is 52.5 Å². The van der Waals surface area contributed by atoms with Crippen molar-refractivity contribution in [1.29, 1.82) is 0 Å².